The van der Waals surface area contributed by atoms with Gasteiger partial charge in [0.05, 0.1) is 4.90 Å². The lowest BCUT2D eigenvalue weighted by molar-refractivity contribution is 0.101. The van der Waals surface area contributed by atoms with Gasteiger partial charge in [-0.3, -0.25) is 4.79 Å². The molecule has 4 nitrogen and oxygen atoms in total. The quantitative estimate of drug-likeness (QED) is 0.812. The first-order valence-corrected chi connectivity index (χ1v) is 7.84. The molecule has 0 radical (unpaired) electrons. The fraction of sp³-hybridized carbons (Fsp3) is 0.133. The molecule has 0 aromatic heterocycles. The molecule has 2 rings (SSSR count). The molecular formula is C15H14O4S. The first-order chi connectivity index (χ1) is 9.36. The van der Waals surface area contributed by atoms with E-state index in [9.17, 15) is 13.2 Å². The predicted octanol–water partition coefficient (Wildman–Crippen LogP) is 3.09. The molecule has 0 aliphatic heterocycles. The van der Waals surface area contributed by atoms with Gasteiger partial charge in [0, 0.05) is 11.8 Å². The van der Waals surface area contributed by atoms with E-state index >= 15 is 0 Å². The SMILES string of the molecule is CC(=O)c1ccc(Oc2cccc(S(C)(=O)=O)c2)cc1. The monoisotopic (exact) mass is 290 g/mol. The summed E-state index contributed by atoms with van der Waals surface area (Å²) in [5.74, 6) is 0.958. The summed E-state index contributed by atoms with van der Waals surface area (Å²) in [7, 11) is -3.26. The molecule has 20 heavy (non-hydrogen) atoms. The van der Waals surface area contributed by atoms with Crippen LogP contribution in [0.1, 0.15) is 17.3 Å². The van der Waals surface area contributed by atoms with Crippen molar-refractivity contribution in [2.45, 2.75) is 11.8 Å². The largest absolute Gasteiger partial charge is 0.457 e. The van der Waals surface area contributed by atoms with E-state index in [4.69, 9.17) is 4.74 Å². The summed E-state index contributed by atoms with van der Waals surface area (Å²) in [5, 5.41) is 0. The van der Waals surface area contributed by atoms with E-state index in [2.05, 4.69) is 0 Å². The maximum atomic E-state index is 11.5. The van der Waals surface area contributed by atoms with Crippen molar-refractivity contribution in [2.75, 3.05) is 6.26 Å². The molecule has 0 aliphatic carbocycles. The molecule has 0 N–H and O–H groups in total. The number of hydrogen-bond donors (Lipinski definition) is 0. The van der Waals surface area contributed by atoms with Crippen molar-refractivity contribution < 1.29 is 17.9 Å². The number of Topliss-reactive ketones (excluding diaryl/α,β-unsaturated/α-hetero) is 1. The molecule has 5 heteroatoms. The lowest BCUT2D eigenvalue weighted by Gasteiger charge is -2.07. The van der Waals surface area contributed by atoms with Crippen LogP contribution in [0.15, 0.2) is 53.4 Å². The molecule has 0 saturated heterocycles. The normalized spacial score (nSPS) is 11.1. The molecule has 0 aliphatic rings. The van der Waals surface area contributed by atoms with Crippen molar-refractivity contribution in [3.63, 3.8) is 0 Å². The van der Waals surface area contributed by atoms with E-state index in [-0.39, 0.29) is 10.7 Å². The van der Waals surface area contributed by atoms with Gasteiger partial charge in [-0.25, -0.2) is 8.42 Å². The average molecular weight is 290 g/mol. The average Bonchev–Trinajstić information content (AvgIpc) is 2.38. The molecule has 0 bridgehead atoms. The van der Waals surface area contributed by atoms with Crippen molar-refractivity contribution >= 4 is 15.6 Å². The van der Waals surface area contributed by atoms with Crippen molar-refractivity contribution in [3.8, 4) is 11.5 Å². The van der Waals surface area contributed by atoms with Crippen LogP contribution in [0.2, 0.25) is 0 Å². The Balaban J connectivity index is 2.24. The van der Waals surface area contributed by atoms with E-state index in [0.717, 1.165) is 6.26 Å². The Morgan fingerprint density at radius 1 is 1.00 bits per heavy atom. The Kier molecular flexibility index (Phi) is 3.90. The van der Waals surface area contributed by atoms with Gasteiger partial charge in [0.1, 0.15) is 11.5 Å². The third-order valence-electron chi connectivity index (χ3n) is 2.73. The van der Waals surface area contributed by atoms with Crippen molar-refractivity contribution in [3.05, 3.63) is 54.1 Å². The first-order valence-electron chi connectivity index (χ1n) is 5.95. The summed E-state index contributed by atoms with van der Waals surface area (Å²) in [6, 6.07) is 12.9. The van der Waals surface area contributed by atoms with E-state index in [1.807, 2.05) is 0 Å². The molecule has 0 atom stereocenters. The number of rotatable bonds is 4. The van der Waals surface area contributed by atoms with E-state index in [1.54, 1.807) is 36.4 Å². The van der Waals surface area contributed by atoms with Crippen molar-refractivity contribution in [2.24, 2.45) is 0 Å². The van der Waals surface area contributed by atoms with Gasteiger partial charge >= 0.3 is 0 Å². The number of carbonyl (C=O) groups is 1. The van der Waals surface area contributed by atoms with Crippen molar-refractivity contribution in [1.29, 1.82) is 0 Å². The standard InChI is InChI=1S/C15H14O4S/c1-11(16)12-6-8-13(9-7-12)19-14-4-3-5-15(10-14)20(2,17)18/h3-10H,1-2H3. The summed E-state index contributed by atoms with van der Waals surface area (Å²) in [6.45, 7) is 1.49. The van der Waals surface area contributed by atoms with E-state index in [0.29, 0.717) is 17.1 Å². The van der Waals surface area contributed by atoms with Crippen LogP contribution >= 0.6 is 0 Å². The van der Waals surface area contributed by atoms with Gasteiger partial charge in [-0.05, 0) is 49.4 Å². The molecule has 2 aromatic rings. The van der Waals surface area contributed by atoms with Gasteiger partial charge in [-0.15, -0.1) is 0 Å². The minimum atomic E-state index is -3.26. The van der Waals surface area contributed by atoms with Gasteiger partial charge < -0.3 is 4.74 Å². The molecule has 0 unspecified atom stereocenters. The highest BCUT2D eigenvalue weighted by Gasteiger charge is 2.08. The maximum absolute atomic E-state index is 11.5. The van der Waals surface area contributed by atoms with Gasteiger partial charge in [0.2, 0.25) is 0 Å². The number of benzene rings is 2. The molecular weight excluding hydrogens is 276 g/mol. The minimum absolute atomic E-state index is 0.0179. The number of carbonyl (C=O) groups excluding carboxylic acids is 1. The van der Waals surface area contributed by atoms with Crippen LogP contribution in [0.25, 0.3) is 0 Å². The highest BCUT2D eigenvalue weighted by atomic mass is 32.2. The summed E-state index contributed by atoms with van der Waals surface area (Å²) in [4.78, 5) is 11.4. The zero-order valence-corrected chi connectivity index (χ0v) is 12.0. The third-order valence-corrected chi connectivity index (χ3v) is 3.84. The topological polar surface area (TPSA) is 60.4 Å². The summed E-state index contributed by atoms with van der Waals surface area (Å²) >= 11 is 0. The van der Waals surface area contributed by atoms with Gasteiger partial charge in [-0.1, -0.05) is 6.07 Å². The number of sulfone groups is 1. The molecule has 0 fully saturated rings. The second-order valence-electron chi connectivity index (χ2n) is 4.43. The van der Waals surface area contributed by atoms with E-state index in [1.165, 1.54) is 19.1 Å². The molecule has 0 heterocycles. The smallest absolute Gasteiger partial charge is 0.175 e. The van der Waals surface area contributed by atoms with Crippen LogP contribution < -0.4 is 4.74 Å². The Labute approximate surface area is 117 Å². The van der Waals surface area contributed by atoms with Crippen LogP contribution in [0.3, 0.4) is 0 Å². The molecule has 104 valence electrons. The Morgan fingerprint density at radius 3 is 2.20 bits per heavy atom. The molecule has 0 amide bonds. The van der Waals surface area contributed by atoms with Gasteiger partial charge in [-0.2, -0.15) is 0 Å². The minimum Gasteiger partial charge on any atom is -0.457 e. The third kappa shape index (κ3) is 3.45. The first kappa shape index (κ1) is 14.3. The van der Waals surface area contributed by atoms with Crippen LogP contribution in [-0.2, 0) is 9.84 Å². The number of ether oxygens (including phenoxy) is 1. The molecule has 0 spiro atoms. The highest BCUT2D eigenvalue weighted by Crippen LogP contribution is 2.24. The number of ketones is 1. The summed E-state index contributed by atoms with van der Waals surface area (Å²) in [6.07, 6.45) is 1.15. The summed E-state index contributed by atoms with van der Waals surface area (Å²) < 4.78 is 28.5. The van der Waals surface area contributed by atoms with Crippen LogP contribution in [-0.4, -0.2) is 20.5 Å². The highest BCUT2D eigenvalue weighted by molar-refractivity contribution is 7.90. The molecule has 2 aromatic carbocycles. The fourth-order valence-electron chi connectivity index (χ4n) is 1.66. The lowest BCUT2D eigenvalue weighted by atomic mass is 10.1. The van der Waals surface area contributed by atoms with Crippen LogP contribution in [0.5, 0.6) is 11.5 Å². The fourth-order valence-corrected chi connectivity index (χ4v) is 2.32. The zero-order valence-electron chi connectivity index (χ0n) is 11.2. The van der Waals surface area contributed by atoms with Gasteiger partial charge in [0.25, 0.3) is 0 Å². The molecule has 0 saturated carbocycles. The summed E-state index contributed by atoms with van der Waals surface area (Å²) in [5.41, 5.74) is 0.599. The lowest BCUT2D eigenvalue weighted by Crippen LogP contribution is -1.97. The van der Waals surface area contributed by atoms with Crippen LogP contribution in [0.4, 0.5) is 0 Å². The van der Waals surface area contributed by atoms with Crippen LogP contribution in [0, 0.1) is 0 Å². The Hall–Kier alpha value is -2.14. The van der Waals surface area contributed by atoms with Gasteiger partial charge in [0.15, 0.2) is 15.6 Å². The second-order valence-corrected chi connectivity index (χ2v) is 6.45. The maximum Gasteiger partial charge on any atom is 0.175 e. The van der Waals surface area contributed by atoms with Crippen molar-refractivity contribution in [1.82, 2.24) is 0 Å². The zero-order chi connectivity index (χ0) is 14.8. The Bertz CT molecular complexity index is 731. The number of hydrogen-bond acceptors (Lipinski definition) is 4. The second kappa shape index (κ2) is 5.46. The Morgan fingerprint density at radius 2 is 1.65 bits per heavy atom. The predicted molar refractivity (Wildman–Crippen MR) is 76.1 cm³/mol. The van der Waals surface area contributed by atoms with E-state index < -0.39 is 9.84 Å².